The monoisotopic (exact) mass is 260 g/mol. The highest BCUT2D eigenvalue weighted by Crippen LogP contribution is 2.38. The molecule has 1 atom stereocenters. The van der Waals surface area contributed by atoms with Crippen LogP contribution in [0.5, 0.6) is 5.75 Å². The number of halogens is 2. The van der Waals surface area contributed by atoms with Crippen LogP contribution in [0.15, 0.2) is 16.6 Å². The van der Waals surface area contributed by atoms with Gasteiger partial charge in [-0.05, 0) is 25.0 Å². The van der Waals surface area contributed by atoms with Gasteiger partial charge in [0, 0.05) is 10.0 Å². The van der Waals surface area contributed by atoms with Gasteiger partial charge in [0.2, 0.25) is 0 Å². The first kappa shape index (κ1) is 9.93. The second-order valence-corrected chi connectivity index (χ2v) is 4.13. The van der Waals surface area contributed by atoms with Crippen molar-refractivity contribution in [3.63, 3.8) is 0 Å². The molecule has 1 aromatic rings. The summed E-state index contributed by atoms with van der Waals surface area (Å²) in [6.07, 6.45) is 0.703. The van der Waals surface area contributed by atoms with E-state index in [0.717, 1.165) is 6.42 Å². The number of benzene rings is 1. The van der Waals surface area contributed by atoms with Gasteiger partial charge in [0.1, 0.15) is 0 Å². The number of rotatable bonds is 0. The molecule has 0 spiro atoms. The zero-order valence-electron chi connectivity index (χ0n) is 7.46. The molecule has 4 heteroatoms. The largest absolute Gasteiger partial charge is 0.490 e. The average molecular weight is 261 g/mol. The zero-order chi connectivity index (χ0) is 10.1. The lowest BCUT2D eigenvalue weighted by molar-refractivity contribution is 0.166. The SMILES string of the molecule is O[C@@H]1CCCOc2c(F)ccc(Br)c21. The van der Waals surface area contributed by atoms with Crippen LogP contribution in [-0.4, -0.2) is 11.7 Å². The maximum atomic E-state index is 13.3. The molecular formula is C10H10BrFO2. The zero-order valence-corrected chi connectivity index (χ0v) is 9.05. The van der Waals surface area contributed by atoms with Gasteiger partial charge in [0.15, 0.2) is 11.6 Å². The molecule has 2 nitrogen and oxygen atoms in total. The third-order valence-electron chi connectivity index (χ3n) is 2.30. The normalized spacial score (nSPS) is 20.9. The number of hydrogen-bond acceptors (Lipinski definition) is 2. The molecule has 0 radical (unpaired) electrons. The highest BCUT2D eigenvalue weighted by molar-refractivity contribution is 9.10. The van der Waals surface area contributed by atoms with Gasteiger partial charge in [-0.15, -0.1) is 0 Å². The molecule has 0 bridgehead atoms. The Labute approximate surface area is 89.8 Å². The van der Waals surface area contributed by atoms with Crippen LogP contribution in [-0.2, 0) is 0 Å². The molecule has 1 N–H and O–H groups in total. The van der Waals surface area contributed by atoms with Crippen molar-refractivity contribution in [1.82, 2.24) is 0 Å². The number of hydrogen-bond donors (Lipinski definition) is 1. The summed E-state index contributed by atoms with van der Waals surface area (Å²) in [6, 6.07) is 2.92. The molecule has 0 fully saturated rings. The summed E-state index contributed by atoms with van der Waals surface area (Å²) in [5, 5.41) is 9.77. The third kappa shape index (κ3) is 1.64. The molecule has 1 aliphatic rings. The van der Waals surface area contributed by atoms with Crippen LogP contribution in [0.1, 0.15) is 24.5 Å². The fraction of sp³-hybridized carbons (Fsp3) is 0.400. The second-order valence-electron chi connectivity index (χ2n) is 3.28. The van der Waals surface area contributed by atoms with Gasteiger partial charge in [0.05, 0.1) is 12.7 Å². The van der Waals surface area contributed by atoms with Crippen LogP contribution in [0.3, 0.4) is 0 Å². The topological polar surface area (TPSA) is 29.5 Å². The molecule has 14 heavy (non-hydrogen) atoms. The summed E-state index contributed by atoms with van der Waals surface area (Å²) >= 11 is 3.28. The minimum atomic E-state index is -0.641. The molecule has 0 amide bonds. The van der Waals surface area contributed by atoms with Crippen LogP contribution in [0.2, 0.25) is 0 Å². The maximum Gasteiger partial charge on any atom is 0.165 e. The summed E-state index contributed by atoms with van der Waals surface area (Å²) in [5.74, 6) is -0.228. The fourth-order valence-electron chi connectivity index (χ4n) is 1.60. The fourth-order valence-corrected chi connectivity index (χ4v) is 2.18. The van der Waals surface area contributed by atoms with E-state index in [1.54, 1.807) is 6.07 Å². The van der Waals surface area contributed by atoms with Gasteiger partial charge in [-0.1, -0.05) is 15.9 Å². The Morgan fingerprint density at radius 3 is 3.07 bits per heavy atom. The van der Waals surface area contributed by atoms with Crippen molar-refractivity contribution in [2.24, 2.45) is 0 Å². The summed E-state index contributed by atoms with van der Waals surface area (Å²) < 4.78 is 19.3. The van der Waals surface area contributed by atoms with Gasteiger partial charge >= 0.3 is 0 Å². The van der Waals surface area contributed by atoms with Crippen molar-refractivity contribution in [2.45, 2.75) is 18.9 Å². The van der Waals surface area contributed by atoms with E-state index in [0.29, 0.717) is 23.1 Å². The Morgan fingerprint density at radius 2 is 2.29 bits per heavy atom. The van der Waals surface area contributed by atoms with Gasteiger partial charge in [-0.25, -0.2) is 4.39 Å². The lowest BCUT2D eigenvalue weighted by atomic mass is 10.1. The quantitative estimate of drug-likeness (QED) is 0.778. The Morgan fingerprint density at radius 1 is 1.50 bits per heavy atom. The van der Waals surface area contributed by atoms with Gasteiger partial charge in [-0.2, -0.15) is 0 Å². The third-order valence-corrected chi connectivity index (χ3v) is 2.99. The van der Waals surface area contributed by atoms with E-state index in [1.807, 2.05) is 0 Å². The molecule has 0 saturated carbocycles. The van der Waals surface area contributed by atoms with E-state index in [4.69, 9.17) is 4.74 Å². The lowest BCUT2D eigenvalue weighted by Gasteiger charge is -2.13. The molecule has 0 aliphatic carbocycles. The van der Waals surface area contributed by atoms with Gasteiger partial charge in [-0.3, -0.25) is 0 Å². The first-order valence-corrected chi connectivity index (χ1v) is 5.28. The highest BCUT2D eigenvalue weighted by Gasteiger charge is 2.23. The smallest absolute Gasteiger partial charge is 0.165 e. The predicted molar refractivity (Wildman–Crippen MR) is 53.8 cm³/mol. The first-order chi connectivity index (χ1) is 6.70. The van der Waals surface area contributed by atoms with Crippen molar-refractivity contribution in [3.8, 4) is 5.75 Å². The van der Waals surface area contributed by atoms with E-state index < -0.39 is 11.9 Å². The first-order valence-electron chi connectivity index (χ1n) is 4.49. The van der Waals surface area contributed by atoms with Crippen molar-refractivity contribution >= 4 is 15.9 Å². The van der Waals surface area contributed by atoms with Gasteiger partial charge in [0.25, 0.3) is 0 Å². The van der Waals surface area contributed by atoms with Crippen molar-refractivity contribution in [2.75, 3.05) is 6.61 Å². The Hall–Kier alpha value is -0.610. The Kier molecular flexibility index (Phi) is 2.74. The molecular weight excluding hydrogens is 251 g/mol. The van der Waals surface area contributed by atoms with Crippen LogP contribution < -0.4 is 4.74 Å². The van der Waals surface area contributed by atoms with Crippen molar-refractivity contribution in [1.29, 1.82) is 0 Å². The Bertz CT molecular complexity index is 354. The maximum absolute atomic E-state index is 13.3. The molecule has 0 saturated heterocycles. The molecule has 2 rings (SSSR count). The summed E-state index contributed by atoms with van der Waals surface area (Å²) in [4.78, 5) is 0. The summed E-state index contributed by atoms with van der Waals surface area (Å²) in [5.41, 5.74) is 0.530. The highest BCUT2D eigenvalue weighted by atomic mass is 79.9. The lowest BCUT2D eigenvalue weighted by Crippen LogP contribution is -2.00. The van der Waals surface area contributed by atoms with Crippen LogP contribution in [0.25, 0.3) is 0 Å². The molecule has 1 aliphatic heterocycles. The molecule has 1 heterocycles. The van der Waals surface area contributed by atoms with E-state index in [-0.39, 0.29) is 5.75 Å². The van der Waals surface area contributed by atoms with Crippen LogP contribution >= 0.6 is 15.9 Å². The van der Waals surface area contributed by atoms with E-state index >= 15 is 0 Å². The van der Waals surface area contributed by atoms with E-state index in [1.165, 1.54) is 6.07 Å². The Balaban J connectivity index is 2.57. The summed E-state index contributed by atoms with van der Waals surface area (Å²) in [6.45, 7) is 0.456. The average Bonchev–Trinajstić information content (AvgIpc) is 2.35. The predicted octanol–water partition coefficient (Wildman–Crippen LogP) is 2.79. The van der Waals surface area contributed by atoms with Crippen molar-refractivity contribution < 1.29 is 14.2 Å². The number of fused-ring (bicyclic) bond motifs is 1. The van der Waals surface area contributed by atoms with Crippen LogP contribution in [0.4, 0.5) is 4.39 Å². The van der Waals surface area contributed by atoms with E-state index in [9.17, 15) is 9.50 Å². The molecule has 0 aromatic heterocycles. The van der Waals surface area contributed by atoms with Crippen molar-refractivity contribution in [3.05, 3.63) is 28.0 Å². The number of aliphatic hydroxyl groups is 1. The number of aliphatic hydroxyl groups excluding tert-OH is 1. The molecule has 0 unspecified atom stereocenters. The standard InChI is InChI=1S/C10H10BrFO2/c11-6-3-4-7(12)10-9(6)8(13)2-1-5-14-10/h3-4,8,13H,1-2,5H2/t8-/m1/s1. The minimum absolute atomic E-state index is 0.185. The number of ether oxygens (including phenoxy) is 1. The second kappa shape index (κ2) is 3.87. The minimum Gasteiger partial charge on any atom is -0.490 e. The molecule has 1 aromatic carbocycles. The van der Waals surface area contributed by atoms with Crippen LogP contribution in [0, 0.1) is 5.82 Å². The van der Waals surface area contributed by atoms with E-state index in [2.05, 4.69) is 15.9 Å². The summed E-state index contributed by atoms with van der Waals surface area (Å²) in [7, 11) is 0. The molecule has 76 valence electrons. The van der Waals surface area contributed by atoms with Gasteiger partial charge < -0.3 is 9.84 Å².